The monoisotopic (exact) mass is 397 g/mol. The van der Waals surface area contributed by atoms with E-state index in [1.807, 2.05) is 0 Å². The zero-order chi connectivity index (χ0) is 16.0. The van der Waals surface area contributed by atoms with Crippen LogP contribution in [0.1, 0.15) is 20.3 Å². The highest BCUT2D eigenvalue weighted by molar-refractivity contribution is 9.10. The van der Waals surface area contributed by atoms with Gasteiger partial charge in [-0.25, -0.2) is 0 Å². The van der Waals surface area contributed by atoms with Gasteiger partial charge in [-0.15, -0.1) is 0 Å². The lowest BCUT2D eigenvalue weighted by atomic mass is 10.3. The summed E-state index contributed by atoms with van der Waals surface area (Å²) in [5, 5.41) is 3.71. The van der Waals surface area contributed by atoms with Crippen LogP contribution in [0.25, 0.3) is 0 Å². The molecule has 8 heteroatoms. The summed E-state index contributed by atoms with van der Waals surface area (Å²) in [5.74, 6) is 0. The number of nitrogens with zero attached hydrogens (tertiary/aromatic N) is 1. The Morgan fingerprint density at radius 3 is 2.67 bits per heavy atom. The minimum Gasteiger partial charge on any atom is -0.314 e. The fourth-order valence-corrected chi connectivity index (χ4v) is 3.25. The number of rotatable bonds is 8. The minimum atomic E-state index is -3.59. The molecule has 0 aliphatic rings. The Kier molecular flexibility index (Phi) is 7.42. The second-order valence-corrected chi connectivity index (χ2v) is 7.97. The van der Waals surface area contributed by atoms with Crippen molar-refractivity contribution in [3.8, 4) is 0 Å². The molecule has 120 valence electrons. The fraction of sp³-hybridized carbons (Fsp3) is 0.538. The van der Waals surface area contributed by atoms with Gasteiger partial charge in [0.2, 0.25) is 0 Å². The predicted molar refractivity (Wildman–Crippen MR) is 92.1 cm³/mol. The number of benzene rings is 1. The molecule has 1 aromatic rings. The van der Waals surface area contributed by atoms with Crippen molar-refractivity contribution < 1.29 is 8.42 Å². The summed E-state index contributed by atoms with van der Waals surface area (Å²) in [6.07, 6.45) is 0.742. The van der Waals surface area contributed by atoms with Gasteiger partial charge in [-0.2, -0.15) is 12.7 Å². The molecule has 0 atom stereocenters. The van der Waals surface area contributed by atoms with Crippen LogP contribution in [0.4, 0.5) is 5.69 Å². The molecule has 0 aromatic heterocycles. The quantitative estimate of drug-likeness (QED) is 0.662. The second kappa shape index (κ2) is 8.33. The second-order valence-electron chi connectivity index (χ2n) is 4.99. The van der Waals surface area contributed by atoms with Crippen LogP contribution in [0.2, 0.25) is 5.02 Å². The third kappa shape index (κ3) is 6.12. The highest BCUT2D eigenvalue weighted by Gasteiger charge is 2.18. The van der Waals surface area contributed by atoms with Crippen molar-refractivity contribution in [3.05, 3.63) is 27.7 Å². The molecule has 2 N–H and O–H groups in total. The Balaban J connectivity index is 2.62. The predicted octanol–water partition coefficient (Wildman–Crippen LogP) is 3.08. The molecule has 0 bridgehead atoms. The van der Waals surface area contributed by atoms with Crippen LogP contribution in [-0.2, 0) is 10.2 Å². The molecule has 1 rings (SSSR count). The van der Waals surface area contributed by atoms with Gasteiger partial charge in [0.25, 0.3) is 0 Å². The summed E-state index contributed by atoms with van der Waals surface area (Å²) in [6, 6.07) is 5.43. The number of anilines is 1. The van der Waals surface area contributed by atoms with E-state index in [0.717, 1.165) is 13.0 Å². The molecule has 0 fully saturated rings. The van der Waals surface area contributed by atoms with Crippen molar-refractivity contribution in [1.29, 1.82) is 0 Å². The maximum Gasteiger partial charge on any atom is 0.301 e. The van der Waals surface area contributed by atoms with E-state index in [2.05, 4.69) is 39.8 Å². The van der Waals surface area contributed by atoms with Crippen LogP contribution in [0, 0.1) is 0 Å². The van der Waals surface area contributed by atoms with E-state index in [4.69, 9.17) is 11.6 Å². The van der Waals surface area contributed by atoms with Crippen molar-refractivity contribution in [2.24, 2.45) is 0 Å². The van der Waals surface area contributed by atoms with Crippen molar-refractivity contribution in [2.75, 3.05) is 24.9 Å². The zero-order valence-corrected chi connectivity index (χ0v) is 15.5. The summed E-state index contributed by atoms with van der Waals surface area (Å²) in [5.41, 5.74) is 0.426. The average Bonchev–Trinajstić information content (AvgIpc) is 2.39. The van der Waals surface area contributed by atoms with E-state index >= 15 is 0 Å². The Hall–Kier alpha value is -0.340. The average molecular weight is 399 g/mol. The first-order valence-corrected chi connectivity index (χ1v) is 9.26. The van der Waals surface area contributed by atoms with E-state index in [0.29, 0.717) is 27.8 Å². The lowest BCUT2D eigenvalue weighted by Gasteiger charge is -2.19. The van der Waals surface area contributed by atoms with E-state index in [-0.39, 0.29) is 0 Å². The minimum absolute atomic E-state index is 0.396. The third-order valence-corrected chi connectivity index (χ3v) is 5.68. The van der Waals surface area contributed by atoms with Gasteiger partial charge in [0, 0.05) is 19.6 Å². The highest BCUT2D eigenvalue weighted by atomic mass is 79.9. The number of nitrogens with one attached hydrogen (secondary N) is 2. The van der Waals surface area contributed by atoms with Crippen LogP contribution in [0.3, 0.4) is 0 Å². The molecule has 1 aromatic carbocycles. The van der Waals surface area contributed by atoms with Gasteiger partial charge in [-0.1, -0.05) is 31.5 Å². The first-order valence-electron chi connectivity index (χ1n) is 6.65. The van der Waals surface area contributed by atoms with Gasteiger partial charge >= 0.3 is 10.2 Å². The molecule has 21 heavy (non-hydrogen) atoms. The third-order valence-electron chi connectivity index (χ3n) is 2.80. The molecule has 5 nitrogen and oxygen atoms in total. The maximum atomic E-state index is 12.2. The lowest BCUT2D eigenvalue weighted by molar-refractivity contribution is 0.451. The maximum absolute atomic E-state index is 12.2. The summed E-state index contributed by atoms with van der Waals surface area (Å²) in [4.78, 5) is 0. The Bertz CT molecular complexity index is 567. The Labute approximate surface area is 140 Å². The fourth-order valence-electron chi connectivity index (χ4n) is 1.61. The van der Waals surface area contributed by atoms with Crippen LogP contribution in [0.15, 0.2) is 22.7 Å². The van der Waals surface area contributed by atoms with E-state index < -0.39 is 10.2 Å². The van der Waals surface area contributed by atoms with Gasteiger partial charge in [0.15, 0.2) is 0 Å². The SMILES string of the molecule is CC(C)NCCCN(C)S(=O)(=O)Nc1cccc(Cl)c1Br. The molecular formula is C13H21BrClN3O2S. The van der Waals surface area contributed by atoms with Crippen molar-refractivity contribution in [2.45, 2.75) is 26.3 Å². The van der Waals surface area contributed by atoms with Crippen LogP contribution >= 0.6 is 27.5 Å². The van der Waals surface area contributed by atoms with E-state index in [9.17, 15) is 8.42 Å². The molecular weight excluding hydrogens is 378 g/mol. The van der Waals surface area contributed by atoms with Gasteiger partial charge in [-0.3, -0.25) is 4.72 Å². The Morgan fingerprint density at radius 1 is 1.38 bits per heavy atom. The number of halogens is 2. The Morgan fingerprint density at radius 2 is 2.05 bits per heavy atom. The van der Waals surface area contributed by atoms with Gasteiger partial charge in [-0.05, 0) is 41.0 Å². The topological polar surface area (TPSA) is 61.4 Å². The first kappa shape index (κ1) is 18.7. The standard InChI is InChI=1S/C13H21BrClN3O2S/c1-10(2)16-8-5-9-18(3)21(19,20)17-12-7-4-6-11(15)13(12)14/h4,6-7,10,16-17H,5,8-9H2,1-3H3. The summed E-state index contributed by atoms with van der Waals surface area (Å²) < 4.78 is 28.8. The molecule has 0 spiro atoms. The van der Waals surface area contributed by atoms with Crippen molar-refractivity contribution in [3.63, 3.8) is 0 Å². The van der Waals surface area contributed by atoms with E-state index in [1.165, 1.54) is 4.31 Å². The number of hydrogen-bond donors (Lipinski definition) is 2. The first-order chi connectivity index (χ1) is 9.74. The van der Waals surface area contributed by atoms with Crippen molar-refractivity contribution >= 4 is 43.4 Å². The molecule has 0 amide bonds. The smallest absolute Gasteiger partial charge is 0.301 e. The summed E-state index contributed by atoms with van der Waals surface area (Å²) >= 11 is 9.23. The van der Waals surface area contributed by atoms with Crippen LogP contribution in [0.5, 0.6) is 0 Å². The van der Waals surface area contributed by atoms with Gasteiger partial charge < -0.3 is 5.32 Å². The van der Waals surface area contributed by atoms with Crippen LogP contribution < -0.4 is 10.0 Å². The lowest BCUT2D eigenvalue weighted by Crippen LogP contribution is -2.35. The van der Waals surface area contributed by atoms with Gasteiger partial charge in [0.05, 0.1) is 15.2 Å². The van der Waals surface area contributed by atoms with E-state index in [1.54, 1.807) is 25.2 Å². The molecule has 0 radical (unpaired) electrons. The molecule has 0 unspecified atom stereocenters. The molecule has 0 saturated carbocycles. The van der Waals surface area contributed by atoms with Crippen molar-refractivity contribution in [1.82, 2.24) is 9.62 Å². The zero-order valence-electron chi connectivity index (χ0n) is 12.4. The van der Waals surface area contributed by atoms with Gasteiger partial charge in [0.1, 0.15) is 0 Å². The molecule has 0 heterocycles. The molecule has 0 aliphatic carbocycles. The summed E-state index contributed by atoms with van der Waals surface area (Å²) in [7, 11) is -2.03. The largest absolute Gasteiger partial charge is 0.314 e. The molecule has 0 saturated heterocycles. The van der Waals surface area contributed by atoms with Crippen LogP contribution in [-0.4, -0.2) is 38.9 Å². The number of hydrogen-bond acceptors (Lipinski definition) is 3. The molecule has 0 aliphatic heterocycles. The highest BCUT2D eigenvalue weighted by Crippen LogP contribution is 2.30. The summed E-state index contributed by atoms with van der Waals surface area (Å²) in [6.45, 7) is 5.32. The normalized spacial score (nSPS) is 12.1.